The Morgan fingerprint density at radius 2 is 1.61 bits per heavy atom. The van der Waals surface area contributed by atoms with Crippen LogP contribution in [0.4, 0.5) is 0 Å². The van der Waals surface area contributed by atoms with Crippen LogP contribution in [0.1, 0.15) is 139 Å². The van der Waals surface area contributed by atoms with E-state index in [-0.39, 0.29) is 42.0 Å². The van der Waals surface area contributed by atoms with Crippen LogP contribution in [0.3, 0.4) is 0 Å². The van der Waals surface area contributed by atoms with Crippen molar-refractivity contribution in [3.05, 3.63) is 59.8 Å². The van der Waals surface area contributed by atoms with Gasteiger partial charge >= 0.3 is 0 Å². The quantitative estimate of drug-likeness (QED) is 0.0211. The van der Waals surface area contributed by atoms with Gasteiger partial charge in [-0.2, -0.15) is 0 Å². The zero-order valence-electron chi connectivity index (χ0n) is 43.7. The van der Waals surface area contributed by atoms with Crippen molar-refractivity contribution >= 4 is 29.2 Å². The number of piperidine rings is 1. The van der Waals surface area contributed by atoms with Gasteiger partial charge in [-0.15, -0.1) is 0 Å². The summed E-state index contributed by atoms with van der Waals surface area (Å²) in [4.78, 5) is 68.3. The highest BCUT2D eigenvalue weighted by Crippen LogP contribution is 2.37. The van der Waals surface area contributed by atoms with Crippen molar-refractivity contribution in [2.45, 2.75) is 187 Å². The minimum absolute atomic E-state index is 0.0255. The topological polar surface area (TPSA) is 198 Å². The number of carbonyl (C=O) groups excluding carboxylic acids is 5. The fraction of sp³-hybridized carbons (Fsp3) is 0.727. The lowest BCUT2D eigenvalue weighted by molar-refractivity contribution is -0.265. The first-order valence-corrected chi connectivity index (χ1v) is 25.7. The second-order valence-corrected chi connectivity index (χ2v) is 20.4. The lowest BCUT2D eigenvalue weighted by Gasteiger charge is -2.42. The number of Topliss-reactive ketones (excluding diaryl/α,β-unsaturated/α-hetero) is 2. The standard InChI is InChI=1S/C55H88N2O12/c1-12-13-28-56-53(63)44-21-17-18-29-57(44)54(64)52(62)55(65)41(8)23-25-43(69-55)34-47(66-9)37(4)20-16-14-15-19-35(2)30-39(6)49(60)51(68-11)50(61)40(7)32-38(5)45(58)26-22-36(3)31-42-24-27-46(59)48(33-42)67-10/h14-16,19-20,22,26,32,35-36,38-39,41-44,46-48,50-51,59,61,65H,12-13,17-18,21,23-25,27-31,33-34H2,1-11H3,(H,56,63)/b16-14+,19-15+,26-22+,37-20+,40-32+/t35-,36+,38-,39-,41-,42+,43+,44+,46-,47+,48-,50-,51+,55-/m1/s1. The van der Waals surface area contributed by atoms with Crippen LogP contribution in [-0.2, 0) is 42.9 Å². The number of methoxy groups -OCH3 is 3. The van der Waals surface area contributed by atoms with E-state index in [0.717, 1.165) is 44.1 Å². The smallest absolute Gasteiger partial charge is 0.296 e. The molecule has 3 fully saturated rings. The number of hydrogen-bond donors (Lipinski definition) is 4. The van der Waals surface area contributed by atoms with E-state index in [1.54, 1.807) is 47.1 Å². The Morgan fingerprint density at radius 3 is 2.28 bits per heavy atom. The molecule has 4 N–H and O–H groups in total. The fourth-order valence-electron chi connectivity index (χ4n) is 10.0. The third kappa shape index (κ3) is 17.9. The molecular weight excluding hydrogens is 881 g/mol. The van der Waals surface area contributed by atoms with E-state index >= 15 is 0 Å². The average molecular weight is 969 g/mol. The van der Waals surface area contributed by atoms with Gasteiger partial charge in [-0.1, -0.05) is 90.5 Å². The molecule has 14 nitrogen and oxygen atoms in total. The number of aliphatic hydroxyl groups excluding tert-OH is 2. The number of unbranched alkanes of at least 4 members (excludes halogenated alkanes) is 1. The highest BCUT2D eigenvalue weighted by Gasteiger charge is 2.52. The third-order valence-corrected chi connectivity index (χ3v) is 14.6. The summed E-state index contributed by atoms with van der Waals surface area (Å²) < 4.78 is 22.9. The van der Waals surface area contributed by atoms with Crippen molar-refractivity contribution in [3.8, 4) is 0 Å². The summed E-state index contributed by atoms with van der Waals surface area (Å²) in [6.45, 7) is 15.8. The molecule has 2 amide bonds. The predicted molar refractivity (Wildman–Crippen MR) is 268 cm³/mol. The summed E-state index contributed by atoms with van der Waals surface area (Å²) in [5, 5.41) is 35.9. The van der Waals surface area contributed by atoms with Gasteiger partial charge in [-0.25, -0.2) is 0 Å². The van der Waals surface area contributed by atoms with Crippen LogP contribution in [0, 0.1) is 35.5 Å². The van der Waals surface area contributed by atoms with E-state index in [2.05, 4.69) is 12.2 Å². The van der Waals surface area contributed by atoms with Crippen LogP contribution in [-0.4, -0.2) is 132 Å². The maximum Gasteiger partial charge on any atom is 0.296 e. The van der Waals surface area contributed by atoms with Gasteiger partial charge in [0.25, 0.3) is 11.7 Å². The van der Waals surface area contributed by atoms with Gasteiger partial charge in [0.15, 0.2) is 11.6 Å². The normalized spacial score (nSPS) is 28.3. The molecule has 0 unspecified atom stereocenters. The highest BCUT2D eigenvalue weighted by molar-refractivity contribution is 6.39. The number of allylic oxidation sites excluding steroid dienone is 8. The molecule has 1 aliphatic carbocycles. The molecule has 0 aromatic rings. The monoisotopic (exact) mass is 969 g/mol. The lowest BCUT2D eigenvalue weighted by Crippen LogP contribution is -2.61. The maximum absolute atomic E-state index is 13.8. The van der Waals surface area contributed by atoms with Crippen molar-refractivity contribution in [3.63, 3.8) is 0 Å². The van der Waals surface area contributed by atoms with Crippen LogP contribution in [0.2, 0.25) is 0 Å². The lowest BCUT2D eigenvalue weighted by atomic mass is 9.80. The van der Waals surface area contributed by atoms with Crippen molar-refractivity contribution < 1.29 is 58.2 Å². The molecule has 3 rings (SSSR count). The second-order valence-electron chi connectivity index (χ2n) is 20.4. The average Bonchev–Trinajstić information content (AvgIpc) is 3.33. The van der Waals surface area contributed by atoms with Crippen molar-refractivity contribution in [2.75, 3.05) is 34.4 Å². The molecular formula is C55H88N2O12. The molecule has 390 valence electrons. The molecule has 0 aromatic carbocycles. The number of carbonyl (C=O) groups is 5. The fourth-order valence-corrected chi connectivity index (χ4v) is 10.0. The molecule has 1 saturated carbocycles. The van der Waals surface area contributed by atoms with Crippen LogP contribution in [0.15, 0.2) is 59.8 Å². The first kappa shape index (κ1) is 59.7. The molecule has 14 atom stereocenters. The van der Waals surface area contributed by atoms with E-state index in [1.807, 2.05) is 64.2 Å². The second kappa shape index (κ2) is 29.7. The Morgan fingerprint density at radius 1 is 0.884 bits per heavy atom. The van der Waals surface area contributed by atoms with Crippen LogP contribution < -0.4 is 5.32 Å². The molecule has 3 aliphatic rings. The molecule has 0 spiro atoms. The molecule has 69 heavy (non-hydrogen) atoms. The number of likely N-dealkylation sites (tertiary alicyclic amines) is 1. The summed E-state index contributed by atoms with van der Waals surface area (Å²) in [5.74, 6) is -5.77. The Balaban J connectivity index is 1.52. The minimum Gasteiger partial charge on any atom is -0.390 e. The molecule has 2 heterocycles. The number of amides is 2. The van der Waals surface area contributed by atoms with E-state index in [4.69, 9.17) is 18.9 Å². The summed E-state index contributed by atoms with van der Waals surface area (Å²) in [6, 6.07) is -0.763. The number of ketones is 3. The van der Waals surface area contributed by atoms with Gasteiger partial charge in [0, 0.05) is 58.6 Å². The van der Waals surface area contributed by atoms with Crippen LogP contribution in [0.5, 0.6) is 0 Å². The van der Waals surface area contributed by atoms with Crippen LogP contribution >= 0.6 is 0 Å². The number of rotatable bonds is 27. The van der Waals surface area contributed by atoms with Gasteiger partial charge in [0.2, 0.25) is 11.7 Å². The first-order valence-electron chi connectivity index (χ1n) is 25.7. The summed E-state index contributed by atoms with van der Waals surface area (Å²) in [6.07, 6.45) is 19.8. The number of aliphatic hydroxyl groups is 3. The largest absolute Gasteiger partial charge is 0.390 e. The number of ether oxygens (including phenoxy) is 4. The molecule has 0 radical (unpaired) electrons. The van der Waals surface area contributed by atoms with E-state index in [1.165, 1.54) is 12.0 Å². The van der Waals surface area contributed by atoms with Gasteiger partial charge in [-0.05, 0) is 119 Å². The van der Waals surface area contributed by atoms with Crippen molar-refractivity contribution in [1.82, 2.24) is 10.2 Å². The Bertz CT molecular complexity index is 1820. The van der Waals surface area contributed by atoms with E-state index < -0.39 is 71.8 Å². The molecule has 0 bridgehead atoms. The first-order chi connectivity index (χ1) is 32.7. The van der Waals surface area contributed by atoms with Gasteiger partial charge in [-0.3, -0.25) is 24.0 Å². The SMILES string of the molecule is CCCCNC(=O)[C@@H]1CCCCN1C(=O)C(=O)[C@]1(O)O[C@H](C[C@H](OC)/C(C)=C/C=C/C=C/[C@@H](C)C[C@@H](C)C(=O)[C@H](OC)[C@H](O)/C(C)=C/[C@@H](C)C(=O)/C=C/[C@H](C)C[C@@H]2CC[C@@H](O)[C@H](OC)C2)CC[C@H]1C. The molecule has 14 heteroatoms. The molecule has 0 aromatic heterocycles. The van der Waals surface area contributed by atoms with Crippen molar-refractivity contribution in [2.24, 2.45) is 35.5 Å². The van der Waals surface area contributed by atoms with Crippen molar-refractivity contribution in [1.29, 1.82) is 0 Å². The van der Waals surface area contributed by atoms with Gasteiger partial charge in [0.05, 0.1) is 24.4 Å². The molecule has 2 saturated heterocycles. The summed E-state index contributed by atoms with van der Waals surface area (Å²) in [7, 11) is 4.62. The van der Waals surface area contributed by atoms with Gasteiger partial charge < -0.3 is 44.5 Å². The van der Waals surface area contributed by atoms with Gasteiger partial charge in [0.1, 0.15) is 18.2 Å². The Kier molecular flexibility index (Phi) is 25.6. The third-order valence-electron chi connectivity index (χ3n) is 14.6. The molecule has 2 aliphatic heterocycles. The van der Waals surface area contributed by atoms with Crippen LogP contribution in [0.25, 0.3) is 0 Å². The minimum atomic E-state index is -2.32. The van der Waals surface area contributed by atoms with E-state index in [9.17, 15) is 39.3 Å². The zero-order valence-corrected chi connectivity index (χ0v) is 43.7. The number of hydrogen-bond acceptors (Lipinski definition) is 12. The number of nitrogens with one attached hydrogen (secondary N) is 1. The predicted octanol–water partition coefficient (Wildman–Crippen LogP) is 7.34. The summed E-state index contributed by atoms with van der Waals surface area (Å²) in [5.41, 5.74) is 1.38. The zero-order chi connectivity index (χ0) is 51.4. The number of nitrogens with zero attached hydrogens (tertiary/aromatic N) is 1. The Labute approximate surface area is 413 Å². The highest BCUT2D eigenvalue weighted by atomic mass is 16.6. The maximum atomic E-state index is 13.8. The van der Waals surface area contributed by atoms with E-state index in [0.29, 0.717) is 63.0 Å². The Hall–Kier alpha value is -3.63. The summed E-state index contributed by atoms with van der Waals surface area (Å²) >= 11 is 0.